The molecule has 2 aliphatic rings. The number of fused-ring (bicyclic) bond motifs is 1. The molecule has 5 rings (SSSR count). The fourth-order valence-corrected chi connectivity index (χ4v) is 5.66. The van der Waals surface area contributed by atoms with Crippen LogP contribution in [0.2, 0.25) is 0 Å². The molecule has 13 nitrogen and oxygen atoms in total. The summed E-state index contributed by atoms with van der Waals surface area (Å²) in [5.41, 5.74) is 0.638. The van der Waals surface area contributed by atoms with E-state index in [0.29, 0.717) is 28.9 Å². The first-order valence-corrected chi connectivity index (χ1v) is 13.5. The molecule has 0 bridgehead atoms. The van der Waals surface area contributed by atoms with Gasteiger partial charge >= 0.3 is 5.69 Å². The van der Waals surface area contributed by atoms with Crippen LogP contribution in [0.25, 0.3) is 11.7 Å². The van der Waals surface area contributed by atoms with Crippen LogP contribution in [0.1, 0.15) is 57.6 Å². The van der Waals surface area contributed by atoms with Crippen molar-refractivity contribution in [1.29, 1.82) is 0 Å². The van der Waals surface area contributed by atoms with Crippen molar-refractivity contribution in [1.82, 2.24) is 34.3 Å². The summed E-state index contributed by atoms with van der Waals surface area (Å²) in [6, 6.07) is 0.258. The standard InChI is InChI=1S/C21H29N9O4S/c1-2-9-35(33,34)29-15-7-5-13(6-8-15)23-19-26-17-12(10-16-18(31)27-21(32)25-16)11-22-30(17)20(28-19)24-14-3-4-14/h10-11,13-15,29,31H,2-9H2,1H3,(H,23,24,28)(H2,25,27,32)/b12-10+. The van der Waals surface area contributed by atoms with E-state index in [1.165, 1.54) is 0 Å². The summed E-state index contributed by atoms with van der Waals surface area (Å²) in [6.07, 6.45) is 8.78. The number of hydrogen-bond acceptors (Lipinski definition) is 9. The highest BCUT2D eigenvalue weighted by Crippen LogP contribution is 2.23. The van der Waals surface area contributed by atoms with Crippen LogP contribution in [0.15, 0.2) is 16.0 Å². The minimum Gasteiger partial charge on any atom is -0.493 e. The van der Waals surface area contributed by atoms with Gasteiger partial charge in [0.2, 0.25) is 21.9 Å². The van der Waals surface area contributed by atoms with E-state index in [2.05, 4.69) is 40.1 Å². The van der Waals surface area contributed by atoms with Crippen LogP contribution in [-0.4, -0.2) is 67.0 Å². The van der Waals surface area contributed by atoms with Gasteiger partial charge in [-0.1, -0.05) is 6.92 Å². The number of H-pyrrole nitrogens is 2. The first kappa shape index (κ1) is 23.5. The lowest BCUT2D eigenvalue weighted by Gasteiger charge is -2.29. The molecule has 3 aromatic heterocycles. The third kappa shape index (κ3) is 5.53. The third-order valence-electron chi connectivity index (χ3n) is 6.14. The maximum absolute atomic E-state index is 12.1. The average molecular weight is 504 g/mol. The fraction of sp³-hybridized carbons (Fsp3) is 0.571. The second-order valence-corrected chi connectivity index (χ2v) is 11.0. The van der Waals surface area contributed by atoms with Gasteiger partial charge in [-0.2, -0.15) is 19.6 Å². The van der Waals surface area contributed by atoms with Gasteiger partial charge in [-0.25, -0.2) is 22.9 Å². The molecule has 0 unspecified atom stereocenters. The van der Waals surface area contributed by atoms with E-state index in [0.717, 1.165) is 38.5 Å². The van der Waals surface area contributed by atoms with Gasteiger partial charge in [0.1, 0.15) is 5.69 Å². The molecule has 5 N–H and O–H groups in total. The molecule has 0 amide bonds. The van der Waals surface area contributed by atoms with E-state index in [-0.39, 0.29) is 35.5 Å². The maximum atomic E-state index is 12.1. The Morgan fingerprint density at radius 2 is 1.91 bits per heavy atom. The Balaban J connectivity index is 1.40. The van der Waals surface area contributed by atoms with Crippen LogP contribution in [0.5, 0.6) is 5.88 Å². The SMILES string of the molecule is CCCS(=O)(=O)NC1CCC(Nc2nc(=NC3CC3)n3nc/c(=C\c4[nH]c(=O)[nH]c4O)c3n2)CC1. The first-order valence-electron chi connectivity index (χ1n) is 11.9. The molecule has 35 heavy (non-hydrogen) atoms. The summed E-state index contributed by atoms with van der Waals surface area (Å²) in [4.78, 5) is 30.2. The van der Waals surface area contributed by atoms with Gasteiger partial charge < -0.3 is 15.4 Å². The number of nitrogens with one attached hydrogen (secondary N) is 4. The summed E-state index contributed by atoms with van der Waals surface area (Å²) >= 11 is 0. The van der Waals surface area contributed by atoms with E-state index in [1.54, 1.807) is 16.8 Å². The lowest BCUT2D eigenvalue weighted by atomic mass is 9.92. The number of sulfonamides is 1. The molecule has 188 valence electrons. The van der Waals surface area contributed by atoms with Crippen LogP contribution < -0.4 is 26.6 Å². The van der Waals surface area contributed by atoms with Crippen LogP contribution >= 0.6 is 0 Å². The molecule has 2 fully saturated rings. The summed E-state index contributed by atoms with van der Waals surface area (Å²) in [7, 11) is -3.23. The second-order valence-electron chi connectivity index (χ2n) is 9.16. The Morgan fingerprint density at radius 1 is 1.17 bits per heavy atom. The van der Waals surface area contributed by atoms with Crippen molar-refractivity contribution in [2.45, 2.75) is 70.0 Å². The first-order chi connectivity index (χ1) is 16.8. The lowest BCUT2D eigenvalue weighted by molar-refractivity contribution is 0.386. The molecular formula is C21H29N9O4S. The van der Waals surface area contributed by atoms with Gasteiger partial charge in [-0.05, 0) is 51.0 Å². The average Bonchev–Trinajstić information content (AvgIpc) is 3.43. The number of hydrogen-bond donors (Lipinski definition) is 5. The minimum absolute atomic E-state index is 0.0550. The molecule has 14 heteroatoms. The van der Waals surface area contributed by atoms with Crippen molar-refractivity contribution in [2.24, 2.45) is 4.99 Å². The van der Waals surface area contributed by atoms with E-state index >= 15 is 0 Å². The predicted molar refractivity (Wildman–Crippen MR) is 128 cm³/mol. The van der Waals surface area contributed by atoms with Gasteiger partial charge in [-0.15, -0.1) is 0 Å². The van der Waals surface area contributed by atoms with E-state index in [9.17, 15) is 18.3 Å². The molecule has 3 aromatic rings. The zero-order valence-corrected chi connectivity index (χ0v) is 20.2. The molecule has 0 spiro atoms. The smallest absolute Gasteiger partial charge is 0.326 e. The maximum Gasteiger partial charge on any atom is 0.326 e. The Bertz CT molecular complexity index is 1500. The number of rotatable bonds is 8. The predicted octanol–water partition coefficient (Wildman–Crippen LogP) is -0.490. The van der Waals surface area contributed by atoms with Crippen molar-refractivity contribution >= 4 is 27.7 Å². The van der Waals surface area contributed by atoms with Crippen molar-refractivity contribution in [3.8, 4) is 5.88 Å². The fourth-order valence-electron chi connectivity index (χ4n) is 4.26. The van der Waals surface area contributed by atoms with Gasteiger partial charge in [0.15, 0.2) is 5.65 Å². The van der Waals surface area contributed by atoms with Crippen LogP contribution in [0, 0.1) is 0 Å². The lowest BCUT2D eigenvalue weighted by Crippen LogP contribution is -2.41. The van der Waals surface area contributed by atoms with Crippen molar-refractivity contribution in [3.05, 3.63) is 33.2 Å². The molecule has 2 aliphatic carbocycles. The van der Waals surface area contributed by atoms with E-state index < -0.39 is 15.7 Å². The third-order valence-corrected chi connectivity index (χ3v) is 7.78. The topological polar surface area (TPSA) is 183 Å². The largest absolute Gasteiger partial charge is 0.493 e. The monoisotopic (exact) mass is 503 g/mol. The van der Waals surface area contributed by atoms with Crippen LogP contribution in [0.3, 0.4) is 0 Å². The summed E-state index contributed by atoms with van der Waals surface area (Å²) in [5.74, 6) is 0.288. The van der Waals surface area contributed by atoms with Crippen molar-refractivity contribution in [3.63, 3.8) is 0 Å². The van der Waals surface area contributed by atoms with E-state index in [1.807, 2.05) is 6.92 Å². The molecule has 0 aromatic carbocycles. The molecular weight excluding hydrogens is 474 g/mol. The molecule has 0 saturated heterocycles. The molecule has 0 radical (unpaired) electrons. The Morgan fingerprint density at radius 3 is 2.57 bits per heavy atom. The molecule has 0 aliphatic heterocycles. The molecule has 3 heterocycles. The Hall–Kier alpha value is -3.26. The number of aromatic nitrogens is 6. The summed E-state index contributed by atoms with van der Waals surface area (Å²) in [5, 5.41) is 18.3. The van der Waals surface area contributed by atoms with Crippen LogP contribution in [-0.2, 0) is 10.0 Å². The minimum atomic E-state index is -3.23. The Labute approximate surface area is 200 Å². The van der Waals surface area contributed by atoms with Gasteiger partial charge in [-0.3, -0.25) is 4.98 Å². The van der Waals surface area contributed by atoms with Crippen molar-refractivity contribution in [2.75, 3.05) is 11.1 Å². The second kappa shape index (κ2) is 9.41. The van der Waals surface area contributed by atoms with Crippen molar-refractivity contribution < 1.29 is 13.5 Å². The van der Waals surface area contributed by atoms with E-state index in [4.69, 9.17) is 0 Å². The Kier molecular flexibility index (Phi) is 6.32. The zero-order valence-electron chi connectivity index (χ0n) is 19.4. The highest BCUT2D eigenvalue weighted by Gasteiger charge is 2.25. The van der Waals surface area contributed by atoms with Crippen LogP contribution in [0.4, 0.5) is 5.95 Å². The number of aromatic hydroxyl groups is 1. The summed E-state index contributed by atoms with van der Waals surface area (Å²) < 4.78 is 28.5. The number of nitrogens with zero attached hydrogens (tertiary/aromatic N) is 5. The number of anilines is 1. The highest BCUT2D eigenvalue weighted by molar-refractivity contribution is 7.89. The molecule has 2 saturated carbocycles. The summed E-state index contributed by atoms with van der Waals surface area (Å²) in [6.45, 7) is 1.85. The van der Waals surface area contributed by atoms with Gasteiger partial charge in [0.25, 0.3) is 5.62 Å². The van der Waals surface area contributed by atoms with Gasteiger partial charge in [0.05, 0.1) is 18.0 Å². The quantitative estimate of drug-likeness (QED) is 0.273. The normalized spacial score (nSPS) is 22.2. The number of aromatic amines is 2. The zero-order chi connectivity index (χ0) is 24.6. The molecule has 0 atom stereocenters. The number of imidazole rings is 1. The van der Waals surface area contributed by atoms with Gasteiger partial charge in [0, 0.05) is 17.3 Å². The highest BCUT2D eigenvalue weighted by atomic mass is 32.2.